The van der Waals surface area contributed by atoms with E-state index in [2.05, 4.69) is 5.10 Å². The first-order chi connectivity index (χ1) is 9.70. The average molecular weight is 273 g/mol. The fourth-order valence-electron chi connectivity index (χ4n) is 5.65. The van der Waals surface area contributed by atoms with Gasteiger partial charge < -0.3 is 5.73 Å². The van der Waals surface area contributed by atoms with Gasteiger partial charge in [-0.3, -0.25) is 0 Å². The third-order valence-corrected chi connectivity index (χ3v) is 6.40. The maximum atomic E-state index is 6.04. The number of nitrogens with zero attached hydrogens (tertiary/aromatic N) is 2. The van der Waals surface area contributed by atoms with Gasteiger partial charge >= 0.3 is 0 Å². The van der Waals surface area contributed by atoms with E-state index in [1.807, 2.05) is 17.8 Å². The van der Waals surface area contributed by atoms with Gasteiger partial charge in [0.05, 0.1) is 6.20 Å². The molecule has 0 aromatic carbocycles. The lowest BCUT2D eigenvalue weighted by atomic mass is 9.51. The Morgan fingerprint density at radius 2 is 1.80 bits per heavy atom. The van der Waals surface area contributed by atoms with E-state index >= 15 is 0 Å². The van der Waals surface area contributed by atoms with Gasteiger partial charge in [0, 0.05) is 12.1 Å². The Morgan fingerprint density at radius 1 is 1.15 bits per heavy atom. The third kappa shape index (κ3) is 2.06. The molecule has 0 amide bonds. The van der Waals surface area contributed by atoms with Gasteiger partial charge in [-0.1, -0.05) is 0 Å². The maximum absolute atomic E-state index is 6.04. The molecule has 5 rings (SSSR count). The number of aryl methyl sites for hydroxylation is 2. The van der Waals surface area contributed by atoms with Crippen molar-refractivity contribution in [2.45, 2.75) is 58.4 Å². The quantitative estimate of drug-likeness (QED) is 0.910. The van der Waals surface area contributed by atoms with Gasteiger partial charge in [-0.25, -0.2) is 4.68 Å². The van der Waals surface area contributed by atoms with Gasteiger partial charge in [-0.05, 0) is 81.5 Å². The Hall–Kier alpha value is -0.990. The zero-order valence-electron chi connectivity index (χ0n) is 12.6. The van der Waals surface area contributed by atoms with Crippen molar-refractivity contribution < 1.29 is 0 Å². The Bertz CT molecular complexity index is 462. The first-order valence-corrected chi connectivity index (χ1v) is 8.48. The Kier molecular flexibility index (Phi) is 3.04. The maximum Gasteiger partial charge on any atom is 0.124 e. The van der Waals surface area contributed by atoms with Crippen LogP contribution in [0.15, 0.2) is 6.20 Å². The molecule has 3 nitrogen and oxygen atoms in total. The van der Waals surface area contributed by atoms with Crippen molar-refractivity contribution in [3.05, 3.63) is 11.8 Å². The molecule has 0 spiro atoms. The zero-order valence-corrected chi connectivity index (χ0v) is 12.6. The van der Waals surface area contributed by atoms with Gasteiger partial charge in [0.15, 0.2) is 0 Å². The van der Waals surface area contributed by atoms with Gasteiger partial charge in [0.2, 0.25) is 0 Å². The molecule has 0 radical (unpaired) electrons. The second-order valence-corrected chi connectivity index (χ2v) is 7.67. The van der Waals surface area contributed by atoms with E-state index in [0.29, 0.717) is 0 Å². The molecule has 110 valence electrons. The fraction of sp³-hybridized carbons (Fsp3) is 0.824. The van der Waals surface area contributed by atoms with Crippen LogP contribution in [0.5, 0.6) is 0 Å². The summed E-state index contributed by atoms with van der Waals surface area (Å²) >= 11 is 0. The molecule has 0 atom stereocenters. The summed E-state index contributed by atoms with van der Waals surface area (Å²) in [5, 5.41) is 4.38. The summed E-state index contributed by atoms with van der Waals surface area (Å²) in [4.78, 5) is 0. The number of rotatable bonds is 4. The molecular formula is C17H27N3. The minimum Gasteiger partial charge on any atom is -0.384 e. The van der Waals surface area contributed by atoms with E-state index in [-0.39, 0.29) is 0 Å². The highest BCUT2D eigenvalue weighted by Crippen LogP contribution is 2.57. The standard InChI is InChI=1S/C17H27N3/c1-11-10-19-20(17(11)18)4-2-3-16-14-6-12-5-13(8-14)9-15(16)7-12/h10,12-16H,2-9,18H2,1H3. The van der Waals surface area contributed by atoms with E-state index in [1.165, 1.54) is 12.8 Å². The molecule has 0 unspecified atom stereocenters. The van der Waals surface area contributed by atoms with Gasteiger partial charge in [-0.2, -0.15) is 5.10 Å². The predicted molar refractivity (Wildman–Crippen MR) is 81.1 cm³/mol. The van der Waals surface area contributed by atoms with Crippen LogP contribution in [-0.2, 0) is 6.54 Å². The van der Waals surface area contributed by atoms with Crippen LogP contribution in [0.25, 0.3) is 0 Å². The number of nitrogens with two attached hydrogens (primary N) is 1. The molecule has 0 aliphatic heterocycles. The first-order valence-electron chi connectivity index (χ1n) is 8.48. The Morgan fingerprint density at radius 3 is 2.35 bits per heavy atom. The molecule has 0 saturated heterocycles. The smallest absolute Gasteiger partial charge is 0.124 e. The molecule has 4 bridgehead atoms. The third-order valence-electron chi connectivity index (χ3n) is 6.40. The van der Waals surface area contributed by atoms with Crippen molar-refractivity contribution >= 4 is 5.82 Å². The highest BCUT2D eigenvalue weighted by molar-refractivity contribution is 5.36. The Labute approximate surface area is 121 Å². The first kappa shape index (κ1) is 12.7. The molecule has 4 fully saturated rings. The van der Waals surface area contributed by atoms with Gasteiger partial charge in [-0.15, -0.1) is 0 Å². The van der Waals surface area contributed by atoms with Crippen LogP contribution >= 0.6 is 0 Å². The number of anilines is 1. The highest BCUT2D eigenvalue weighted by atomic mass is 15.3. The van der Waals surface area contributed by atoms with Crippen molar-refractivity contribution in [1.82, 2.24) is 9.78 Å². The summed E-state index contributed by atoms with van der Waals surface area (Å²) in [6.45, 7) is 3.04. The van der Waals surface area contributed by atoms with Crippen molar-refractivity contribution in [2.75, 3.05) is 5.73 Å². The molecule has 1 aromatic rings. The summed E-state index contributed by atoms with van der Waals surface area (Å²) < 4.78 is 1.99. The Balaban J connectivity index is 1.35. The van der Waals surface area contributed by atoms with Crippen LogP contribution in [0.2, 0.25) is 0 Å². The number of nitrogen functional groups attached to an aromatic ring is 1. The SMILES string of the molecule is Cc1cnn(CCCC2C3CC4CC(C3)CC2C4)c1N. The zero-order chi connectivity index (χ0) is 13.7. The second-order valence-electron chi connectivity index (χ2n) is 7.67. The molecule has 1 aromatic heterocycles. The largest absolute Gasteiger partial charge is 0.384 e. The summed E-state index contributed by atoms with van der Waals surface area (Å²) in [6.07, 6.45) is 12.3. The van der Waals surface area contributed by atoms with Crippen LogP contribution in [0.4, 0.5) is 5.82 Å². The summed E-state index contributed by atoms with van der Waals surface area (Å²) in [7, 11) is 0. The van der Waals surface area contributed by atoms with Crippen molar-refractivity contribution in [3.8, 4) is 0 Å². The van der Waals surface area contributed by atoms with Crippen molar-refractivity contribution in [2.24, 2.45) is 29.6 Å². The van der Waals surface area contributed by atoms with Crippen molar-refractivity contribution in [3.63, 3.8) is 0 Å². The summed E-state index contributed by atoms with van der Waals surface area (Å²) in [5.41, 5.74) is 7.15. The normalized spacial score (nSPS) is 38.5. The molecule has 4 aliphatic rings. The van der Waals surface area contributed by atoms with E-state index in [0.717, 1.165) is 47.5 Å². The molecule has 4 aliphatic carbocycles. The molecule has 2 N–H and O–H groups in total. The number of hydrogen-bond acceptors (Lipinski definition) is 2. The van der Waals surface area contributed by atoms with Gasteiger partial charge in [0.1, 0.15) is 5.82 Å². The molecule has 1 heterocycles. The van der Waals surface area contributed by atoms with Crippen LogP contribution < -0.4 is 5.73 Å². The summed E-state index contributed by atoms with van der Waals surface area (Å²) in [6, 6.07) is 0. The van der Waals surface area contributed by atoms with Crippen molar-refractivity contribution in [1.29, 1.82) is 0 Å². The van der Waals surface area contributed by atoms with E-state index in [1.54, 1.807) is 32.1 Å². The molecule has 3 heteroatoms. The lowest BCUT2D eigenvalue weighted by Gasteiger charge is -2.54. The molecule has 4 saturated carbocycles. The van der Waals surface area contributed by atoms with E-state index < -0.39 is 0 Å². The topological polar surface area (TPSA) is 43.8 Å². The number of hydrogen-bond donors (Lipinski definition) is 1. The van der Waals surface area contributed by atoms with Crippen LogP contribution in [0.3, 0.4) is 0 Å². The van der Waals surface area contributed by atoms with Crippen LogP contribution in [-0.4, -0.2) is 9.78 Å². The number of aromatic nitrogens is 2. The highest BCUT2D eigenvalue weighted by Gasteiger charge is 2.47. The van der Waals surface area contributed by atoms with Gasteiger partial charge in [0.25, 0.3) is 0 Å². The molecular weight excluding hydrogens is 246 g/mol. The van der Waals surface area contributed by atoms with E-state index in [9.17, 15) is 0 Å². The lowest BCUT2D eigenvalue weighted by Crippen LogP contribution is -2.45. The van der Waals surface area contributed by atoms with E-state index in [4.69, 9.17) is 5.73 Å². The average Bonchev–Trinajstić information content (AvgIpc) is 2.73. The van der Waals surface area contributed by atoms with Crippen LogP contribution in [0, 0.1) is 36.5 Å². The fourth-order valence-corrected chi connectivity index (χ4v) is 5.65. The minimum absolute atomic E-state index is 0.857. The monoisotopic (exact) mass is 273 g/mol. The minimum atomic E-state index is 0.857. The summed E-state index contributed by atoms with van der Waals surface area (Å²) in [5.74, 6) is 6.18. The van der Waals surface area contributed by atoms with Crippen LogP contribution in [0.1, 0.15) is 50.5 Å². The lowest BCUT2D eigenvalue weighted by molar-refractivity contribution is -0.0406. The second kappa shape index (κ2) is 4.78. The molecule has 20 heavy (non-hydrogen) atoms. The predicted octanol–water partition coefficient (Wildman–Crippen LogP) is 3.63.